The fraction of sp³-hybridized carbons (Fsp3) is 0.200. The Morgan fingerprint density at radius 1 is 1.07 bits per heavy atom. The predicted molar refractivity (Wildman–Crippen MR) is 113 cm³/mol. The van der Waals surface area contributed by atoms with Crippen molar-refractivity contribution >= 4 is 52.1 Å². The molecule has 1 aliphatic heterocycles. The first-order valence-electron chi connectivity index (χ1n) is 8.86. The van der Waals surface area contributed by atoms with Crippen LogP contribution >= 0.6 is 23.1 Å². The summed E-state index contributed by atoms with van der Waals surface area (Å²) in [5.41, 5.74) is 0.846. The molecule has 3 rings (SSSR count). The van der Waals surface area contributed by atoms with Gasteiger partial charge in [-0.3, -0.25) is 24.1 Å². The van der Waals surface area contributed by atoms with Crippen LogP contribution in [0.15, 0.2) is 47.4 Å². The van der Waals surface area contributed by atoms with Crippen LogP contribution in [-0.4, -0.2) is 41.0 Å². The van der Waals surface area contributed by atoms with Crippen LogP contribution < -0.4 is 10.6 Å². The van der Waals surface area contributed by atoms with Crippen molar-refractivity contribution < 1.29 is 19.2 Å². The Balaban J connectivity index is 1.52. The Morgan fingerprint density at radius 3 is 2.55 bits per heavy atom. The number of rotatable bonds is 7. The molecule has 2 N–H and O–H groups in total. The minimum atomic E-state index is -0.355. The summed E-state index contributed by atoms with van der Waals surface area (Å²) in [6.45, 7) is 2.07. The minimum absolute atomic E-state index is 0.104. The highest BCUT2D eigenvalue weighted by Gasteiger charge is 2.34. The van der Waals surface area contributed by atoms with Gasteiger partial charge in [-0.15, -0.1) is 11.3 Å². The summed E-state index contributed by atoms with van der Waals surface area (Å²) < 4.78 is 0. The van der Waals surface area contributed by atoms with E-state index in [1.807, 2.05) is 30.3 Å². The van der Waals surface area contributed by atoms with Gasteiger partial charge in [-0.05, 0) is 35.5 Å². The fourth-order valence-electron chi connectivity index (χ4n) is 2.57. The lowest BCUT2D eigenvalue weighted by atomic mass is 10.2. The Kier molecular flexibility index (Phi) is 6.84. The first kappa shape index (κ1) is 20.8. The van der Waals surface area contributed by atoms with Crippen LogP contribution in [0, 0.1) is 0 Å². The fourth-order valence-corrected chi connectivity index (χ4v) is 4.30. The van der Waals surface area contributed by atoms with Gasteiger partial charge in [0.05, 0.1) is 16.3 Å². The average Bonchev–Trinajstić information content (AvgIpc) is 3.27. The van der Waals surface area contributed by atoms with Crippen molar-refractivity contribution in [1.29, 1.82) is 0 Å². The zero-order valence-electron chi connectivity index (χ0n) is 15.6. The molecule has 7 nitrogen and oxygen atoms in total. The third kappa shape index (κ3) is 5.55. The zero-order chi connectivity index (χ0) is 20.8. The molecule has 1 aromatic heterocycles. The van der Waals surface area contributed by atoms with Gasteiger partial charge in [0.15, 0.2) is 0 Å². The number of carbonyl (C=O) groups is 4. The SMILES string of the molecule is CC(=O)NCc1ccc(C(=O)NCCN2C(=O)S/C(=C/c3ccccc3)C2=O)s1. The number of thiophene rings is 1. The number of nitrogens with zero attached hydrogens (tertiary/aromatic N) is 1. The van der Waals surface area contributed by atoms with E-state index in [4.69, 9.17) is 0 Å². The largest absolute Gasteiger partial charge is 0.351 e. The van der Waals surface area contributed by atoms with Crippen molar-refractivity contribution in [1.82, 2.24) is 15.5 Å². The van der Waals surface area contributed by atoms with Gasteiger partial charge >= 0.3 is 0 Å². The van der Waals surface area contributed by atoms with E-state index in [2.05, 4.69) is 10.6 Å². The molecule has 0 unspecified atom stereocenters. The van der Waals surface area contributed by atoms with E-state index in [1.54, 1.807) is 18.2 Å². The lowest BCUT2D eigenvalue weighted by Crippen LogP contribution is -2.37. The highest BCUT2D eigenvalue weighted by atomic mass is 32.2. The quantitative estimate of drug-likeness (QED) is 0.660. The summed E-state index contributed by atoms with van der Waals surface area (Å²) in [6, 6.07) is 12.8. The normalized spacial score (nSPS) is 15.1. The summed E-state index contributed by atoms with van der Waals surface area (Å²) in [7, 11) is 0. The molecule has 4 amide bonds. The van der Waals surface area contributed by atoms with E-state index < -0.39 is 0 Å². The number of hydrogen-bond acceptors (Lipinski definition) is 6. The monoisotopic (exact) mass is 429 g/mol. The van der Waals surface area contributed by atoms with Gasteiger partial charge < -0.3 is 10.6 Å². The van der Waals surface area contributed by atoms with Gasteiger partial charge in [0.2, 0.25) is 5.91 Å². The molecule has 1 fully saturated rings. The van der Waals surface area contributed by atoms with Crippen molar-refractivity contribution in [2.24, 2.45) is 0 Å². The molecule has 1 aromatic carbocycles. The van der Waals surface area contributed by atoms with Crippen LogP contribution in [0.4, 0.5) is 4.79 Å². The highest BCUT2D eigenvalue weighted by molar-refractivity contribution is 8.18. The van der Waals surface area contributed by atoms with Crippen LogP contribution in [-0.2, 0) is 16.1 Å². The van der Waals surface area contributed by atoms with E-state index in [-0.39, 0.29) is 36.1 Å². The molecule has 0 bridgehead atoms. The van der Waals surface area contributed by atoms with Crippen LogP contribution in [0.2, 0.25) is 0 Å². The Hall–Kier alpha value is -2.91. The molecule has 1 aliphatic rings. The number of thioether (sulfide) groups is 1. The zero-order valence-corrected chi connectivity index (χ0v) is 17.3. The number of amides is 4. The summed E-state index contributed by atoms with van der Waals surface area (Å²) in [6.07, 6.45) is 1.69. The van der Waals surface area contributed by atoms with Gasteiger partial charge in [0, 0.05) is 24.9 Å². The van der Waals surface area contributed by atoms with E-state index in [1.165, 1.54) is 18.3 Å². The van der Waals surface area contributed by atoms with E-state index in [0.29, 0.717) is 16.3 Å². The molecule has 0 saturated carbocycles. The van der Waals surface area contributed by atoms with Crippen molar-refractivity contribution in [3.05, 3.63) is 62.7 Å². The maximum atomic E-state index is 12.5. The molecular weight excluding hydrogens is 410 g/mol. The molecule has 0 spiro atoms. The predicted octanol–water partition coefficient (Wildman–Crippen LogP) is 2.85. The number of carbonyl (C=O) groups excluding carboxylic acids is 4. The van der Waals surface area contributed by atoms with Gasteiger partial charge in [-0.1, -0.05) is 30.3 Å². The molecule has 1 saturated heterocycles. The van der Waals surface area contributed by atoms with Gasteiger partial charge in [0.25, 0.3) is 17.1 Å². The lowest BCUT2D eigenvalue weighted by molar-refractivity contribution is -0.122. The molecule has 0 atom stereocenters. The molecule has 0 radical (unpaired) electrons. The minimum Gasteiger partial charge on any atom is -0.351 e. The van der Waals surface area contributed by atoms with Crippen molar-refractivity contribution in [2.75, 3.05) is 13.1 Å². The number of nitrogens with one attached hydrogen (secondary N) is 2. The topological polar surface area (TPSA) is 95.6 Å². The summed E-state index contributed by atoms with van der Waals surface area (Å²) in [4.78, 5) is 50.7. The molecule has 2 heterocycles. The van der Waals surface area contributed by atoms with E-state index in [0.717, 1.165) is 27.1 Å². The molecule has 9 heteroatoms. The average molecular weight is 430 g/mol. The van der Waals surface area contributed by atoms with Gasteiger partial charge in [-0.2, -0.15) is 0 Å². The van der Waals surface area contributed by atoms with Crippen LogP contribution in [0.1, 0.15) is 27.0 Å². The summed E-state index contributed by atoms with van der Waals surface area (Å²) in [5.74, 6) is -0.773. The first-order chi connectivity index (χ1) is 13.9. The number of imide groups is 1. The smallest absolute Gasteiger partial charge is 0.293 e. The highest BCUT2D eigenvalue weighted by Crippen LogP contribution is 2.31. The van der Waals surface area contributed by atoms with Crippen LogP contribution in [0.3, 0.4) is 0 Å². The second kappa shape index (κ2) is 9.53. The maximum absolute atomic E-state index is 12.5. The molecule has 150 valence electrons. The molecule has 0 aliphatic carbocycles. The van der Waals surface area contributed by atoms with Crippen molar-refractivity contribution in [3.63, 3.8) is 0 Å². The standard InChI is InChI=1S/C20H19N3O4S2/c1-13(24)22-12-15-7-8-16(28-15)18(25)21-9-10-23-19(26)17(29-20(23)27)11-14-5-3-2-4-6-14/h2-8,11H,9-10,12H2,1H3,(H,21,25)(H,22,24)/b17-11+. The van der Waals surface area contributed by atoms with E-state index in [9.17, 15) is 19.2 Å². The van der Waals surface area contributed by atoms with Crippen LogP contribution in [0.25, 0.3) is 6.08 Å². The van der Waals surface area contributed by atoms with Gasteiger partial charge in [0.1, 0.15) is 0 Å². The molecule has 29 heavy (non-hydrogen) atoms. The second-order valence-corrected chi connectivity index (χ2v) is 8.34. The lowest BCUT2D eigenvalue weighted by Gasteiger charge is -2.12. The maximum Gasteiger partial charge on any atom is 0.293 e. The second-order valence-electron chi connectivity index (χ2n) is 6.18. The molecular formula is C20H19N3O4S2. The molecule has 2 aromatic rings. The van der Waals surface area contributed by atoms with Crippen molar-refractivity contribution in [3.8, 4) is 0 Å². The summed E-state index contributed by atoms with van der Waals surface area (Å²) in [5, 5.41) is 5.05. The van der Waals surface area contributed by atoms with Gasteiger partial charge in [-0.25, -0.2) is 0 Å². The van der Waals surface area contributed by atoms with Crippen LogP contribution in [0.5, 0.6) is 0 Å². The Bertz CT molecular complexity index is 969. The Labute approximate surface area is 176 Å². The van der Waals surface area contributed by atoms with Crippen molar-refractivity contribution in [2.45, 2.75) is 13.5 Å². The summed E-state index contributed by atoms with van der Waals surface area (Å²) >= 11 is 2.18. The first-order valence-corrected chi connectivity index (χ1v) is 10.5. The Morgan fingerprint density at radius 2 is 1.83 bits per heavy atom. The number of benzene rings is 1. The third-order valence-corrected chi connectivity index (χ3v) is 5.98. The van der Waals surface area contributed by atoms with E-state index >= 15 is 0 Å². The number of hydrogen-bond donors (Lipinski definition) is 2. The third-order valence-electron chi connectivity index (χ3n) is 3.99.